The molecule has 1 aliphatic rings. The molecule has 2 rings (SSSR count). The summed E-state index contributed by atoms with van der Waals surface area (Å²) in [7, 11) is 1.61. The predicted octanol–water partition coefficient (Wildman–Crippen LogP) is 2.15. The summed E-state index contributed by atoms with van der Waals surface area (Å²) in [6, 6.07) is 7.22. The van der Waals surface area contributed by atoms with E-state index in [1.54, 1.807) is 12.0 Å². The molecule has 2 N–H and O–H groups in total. The van der Waals surface area contributed by atoms with Gasteiger partial charge in [-0.05, 0) is 45.0 Å². The molecule has 1 atom stereocenters. The highest BCUT2D eigenvalue weighted by Crippen LogP contribution is 2.26. The number of anilines is 1. The number of methoxy groups -OCH3 is 1. The maximum absolute atomic E-state index is 12.2. The van der Waals surface area contributed by atoms with Gasteiger partial charge in [-0.1, -0.05) is 0 Å². The molecule has 0 spiro atoms. The van der Waals surface area contributed by atoms with Crippen molar-refractivity contribution in [1.82, 2.24) is 10.6 Å². The van der Waals surface area contributed by atoms with E-state index in [-0.39, 0.29) is 23.4 Å². The number of amides is 3. The largest absolute Gasteiger partial charge is 0.497 e. The van der Waals surface area contributed by atoms with Crippen LogP contribution in [0.1, 0.15) is 27.2 Å². The van der Waals surface area contributed by atoms with Gasteiger partial charge < -0.3 is 20.3 Å². The van der Waals surface area contributed by atoms with Crippen LogP contribution in [0, 0.1) is 5.92 Å². The number of carbonyl (C=O) groups excluding carboxylic acids is 2. The van der Waals surface area contributed by atoms with Crippen molar-refractivity contribution >= 4 is 17.6 Å². The zero-order valence-corrected chi connectivity index (χ0v) is 14.2. The fourth-order valence-electron chi connectivity index (χ4n) is 2.55. The Balaban J connectivity index is 1.88. The van der Waals surface area contributed by atoms with Crippen LogP contribution >= 0.6 is 0 Å². The third kappa shape index (κ3) is 4.87. The third-order valence-electron chi connectivity index (χ3n) is 3.63. The number of rotatable bonds is 4. The normalized spacial score (nSPS) is 18.0. The molecule has 6 nitrogen and oxygen atoms in total. The highest BCUT2D eigenvalue weighted by molar-refractivity contribution is 5.95. The van der Waals surface area contributed by atoms with E-state index >= 15 is 0 Å². The summed E-state index contributed by atoms with van der Waals surface area (Å²) in [6.07, 6.45) is 0.446. The summed E-state index contributed by atoms with van der Waals surface area (Å²) >= 11 is 0. The standard InChI is InChI=1S/C17H25N3O3/c1-17(2,3)19-16(22)18-10-12-9-15(21)20(11-12)13-5-7-14(23-4)8-6-13/h5-8,12H,9-11H2,1-4H3,(H2,18,19,22)/t12-/m0/s1. The third-order valence-corrected chi connectivity index (χ3v) is 3.63. The van der Waals surface area contributed by atoms with Gasteiger partial charge in [0.15, 0.2) is 0 Å². The smallest absolute Gasteiger partial charge is 0.315 e. The van der Waals surface area contributed by atoms with E-state index in [1.165, 1.54) is 0 Å². The number of benzene rings is 1. The van der Waals surface area contributed by atoms with Gasteiger partial charge in [0, 0.05) is 36.7 Å². The van der Waals surface area contributed by atoms with Gasteiger partial charge in [0.1, 0.15) is 5.75 Å². The molecule has 0 bridgehead atoms. The minimum Gasteiger partial charge on any atom is -0.497 e. The van der Waals surface area contributed by atoms with Crippen molar-refractivity contribution in [3.63, 3.8) is 0 Å². The highest BCUT2D eigenvalue weighted by Gasteiger charge is 2.30. The lowest BCUT2D eigenvalue weighted by Crippen LogP contribution is -2.47. The second-order valence-electron chi connectivity index (χ2n) is 6.86. The lowest BCUT2D eigenvalue weighted by Gasteiger charge is -2.21. The zero-order chi connectivity index (χ0) is 17.0. The van der Waals surface area contributed by atoms with Gasteiger partial charge in [0.05, 0.1) is 7.11 Å². The summed E-state index contributed by atoms with van der Waals surface area (Å²) < 4.78 is 5.13. The lowest BCUT2D eigenvalue weighted by molar-refractivity contribution is -0.117. The van der Waals surface area contributed by atoms with E-state index in [0.717, 1.165) is 11.4 Å². The molecule has 1 aliphatic heterocycles. The van der Waals surface area contributed by atoms with Crippen LogP contribution < -0.4 is 20.3 Å². The molecule has 0 aromatic heterocycles. The molecule has 0 aliphatic carbocycles. The van der Waals surface area contributed by atoms with Gasteiger partial charge in [0.25, 0.3) is 0 Å². The minimum atomic E-state index is -0.273. The fourth-order valence-corrected chi connectivity index (χ4v) is 2.55. The Kier molecular flexibility index (Phi) is 5.13. The molecule has 23 heavy (non-hydrogen) atoms. The molecule has 0 radical (unpaired) electrons. The van der Waals surface area contributed by atoms with Crippen molar-refractivity contribution in [3.8, 4) is 5.75 Å². The van der Waals surface area contributed by atoms with Gasteiger partial charge in [0.2, 0.25) is 5.91 Å². The van der Waals surface area contributed by atoms with E-state index in [9.17, 15) is 9.59 Å². The molecule has 6 heteroatoms. The number of hydrogen-bond donors (Lipinski definition) is 2. The molecule has 0 unspecified atom stereocenters. The van der Waals surface area contributed by atoms with E-state index in [2.05, 4.69) is 10.6 Å². The van der Waals surface area contributed by atoms with Crippen LogP contribution in [-0.4, -0.2) is 37.7 Å². The van der Waals surface area contributed by atoms with E-state index < -0.39 is 0 Å². The maximum atomic E-state index is 12.2. The molecule has 126 valence electrons. The zero-order valence-electron chi connectivity index (χ0n) is 14.2. The topological polar surface area (TPSA) is 70.7 Å². The van der Waals surface area contributed by atoms with E-state index in [0.29, 0.717) is 19.5 Å². The molecule has 1 fully saturated rings. The Labute approximate surface area is 137 Å². The number of nitrogens with one attached hydrogen (secondary N) is 2. The summed E-state index contributed by atoms with van der Waals surface area (Å²) in [5.74, 6) is 0.964. The van der Waals surface area contributed by atoms with Crippen molar-refractivity contribution in [1.29, 1.82) is 0 Å². The number of urea groups is 1. The first-order valence-electron chi connectivity index (χ1n) is 7.79. The Hall–Kier alpha value is -2.24. The van der Waals surface area contributed by atoms with Gasteiger partial charge in [-0.2, -0.15) is 0 Å². The van der Waals surface area contributed by atoms with Crippen LogP contribution in [0.3, 0.4) is 0 Å². The average Bonchev–Trinajstić information content (AvgIpc) is 2.85. The quantitative estimate of drug-likeness (QED) is 0.893. The van der Waals surface area contributed by atoms with Crippen LogP contribution in [0.4, 0.5) is 10.5 Å². The molecule has 1 aromatic carbocycles. The van der Waals surface area contributed by atoms with Crippen LogP contribution in [0.2, 0.25) is 0 Å². The van der Waals surface area contributed by atoms with Gasteiger partial charge in [-0.15, -0.1) is 0 Å². The molecule has 1 heterocycles. The van der Waals surface area contributed by atoms with Gasteiger partial charge in [-0.25, -0.2) is 4.79 Å². The number of carbonyl (C=O) groups is 2. The first-order chi connectivity index (χ1) is 10.8. The number of nitrogens with zero attached hydrogens (tertiary/aromatic N) is 1. The van der Waals surface area contributed by atoms with Crippen LogP contribution in [0.5, 0.6) is 5.75 Å². The number of hydrogen-bond acceptors (Lipinski definition) is 3. The van der Waals surface area contributed by atoms with Gasteiger partial charge in [-0.3, -0.25) is 4.79 Å². The molecule has 3 amide bonds. The average molecular weight is 319 g/mol. The molecule has 1 saturated heterocycles. The predicted molar refractivity (Wildman–Crippen MR) is 89.7 cm³/mol. The maximum Gasteiger partial charge on any atom is 0.315 e. The Bertz CT molecular complexity index is 563. The lowest BCUT2D eigenvalue weighted by atomic mass is 10.1. The van der Waals surface area contributed by atoms with Crippen molar-refractivity contribution in [2.24, 2.45) is 5.92 Å². The Morgan fingerprint density at radius 2 is 1.96 bits per heavy atom. The summed E-state index contributed by atoms with van der Waals surface area (Å²) in [5.41, 5.74) is 0.586. The second-order valence-corrected chi connectivity index (χ2v) is 6.86. The first kappa shape index (κ1) is 17.1. The van der Waals surface area contributed by atoms with Crippen molar-refractivity contribution in [3.05, 3.63) is 24.3 Å². The molecular formula is C17H25N3O3. The SMILES string of the molecule is COc1ccc(N2C[C@H](CNC(=O)NC(C)(C)C)CC2=O)cc1. The van der Waals surface area contributed by atoms with Crippen LogP contribution in [0.15, 0.2) is 24.3 Å². The fraction of sp³-hybridized carbons (Fsp3) is 0.529. The second kappa shape index (κ2) is 6.89. The Morgan fingerprint density at radius 1 is 1.30 bits per heavy atom. The monoisotopic (exact) mass is 319 g/mol. The van der Waals surface area contributed by atoms with Crippen LogP contribution in [0.25, 0.3) is 0 Å². The van der Waals surface area contributed by atoms with E-state index in [4.69, 9.17) is 4.74 Å². The molecule has 0 saturated carbocycles. The van der Waals surface area contributed by atoms with Crippen molar-refractivity contribution < 1.29 is 14.3 Å². The first-order valence-corrected chi connectivity index (χ1v) is 7.79. The minimum absolute atomic E-state index is 0.0817. The summed E-state index contributed by atoms with van der Waals surface area (Å²) in [5, 5.41) is 5.69. The van der Waals surface area contributed by atoms with Crippen molar-refractivity contribution in [2.45, 2.75) is 32.7 Å². The van der Waals surface area contributed by atoms with Crippen molar-refractivity contribution in [2.75, 3.05) is 25.1 Å². The summed E-state index contributed by atoms with van der Waals surface area (Å²) in [6.45, 7) is 6.88. The highest BCUT2D eigenvalue weighted by atomic mass is 16.5. The van der Waals surface area contributed by atoms with Crippen LogP contribution in [-0.2, 0) is 4.79 Å². The number of ether oxygens (including phenoxy) is 1. The van der Waals surface area contributed by atoms with E-state index in [1.807, 2.05) is 45.0 Å². The molecular weight excluding hydrogens is 294 g/mol. The summed E-state index contributed by atoms with van der Waals surface area (Å²) in [4.78, 5) is 25.7. The molecule has 1 aromatic rings. The Morgan fingerprint density at radius 3 is 2.52 bits per heavy atom. The van der Waals surface area contributed by atoms with Gasteiger partial charge >= 0.3 is 6.03 Å².